The fourth-order valence-electron chi connectivity index (χ4n) is 1.34. The highest BCUT2D eigenvalue weighted by Gasteiger charge is 2.13. The highest BCUT2D eigenvalue weighted by atomic mass is 15.0. The molecule has 1 rings (SSSR count). The summed E-state index contributed by atoms with van der Waals surface area (Å²) in [6, 6.07) is 0. The molecule has 0 spiro atoms. The zero-order chi connectivity index (χ0) is 9.73. The minimum atomic E-state index is 0.501. The number of nitrogens with zero attached hydrogens (tertiary/aromatic N) is 2. The third-order valence-corrected chi connectivity index (χ3v) is 2.79. The van der Waals surface area contributed by atoms with Crippen molar-refractivity contribution in [2.45, 2.75) is 46.6 Å². The number of aryl methyl sites for hydroxylation is 1. The first-order chi connectivity index (χ1) is 6.14. The average Bonchev–Trinajstić information content (AvgIpc) is 2.57. The van der Waals surface area contributed by atoms with E-state index in [1.54, 1.807) is 0 Å². The molecule has 0 aliphatic heterocycles. The molecule has 0 fully saturated rings. The first-order valence-corrected chi connectivity index (χ1v) is 5.10. The van der Waals surface area contributed by atoms with Crippen molar-refractivity contribution < 1.29 is 0 Å². The van der Waals surface area contributed by atoms with E-state index in [2.05, 4.69) is 30.3 Å². The lowest BCUT2D eigenvalue weighted by molar-refractivity contribution is 0.305. The standard InChI is InChI=1S/C11H20N2/c1-4-11(2,3)6-5-8-13-9-7-12-10-13/h7,9-10H,4-6,8H2,1-3H3. The SMILES string of the molecule is CCC(C)(C)CCCn1ccnc1. The van der Waals surface area contributed by atoms with Crippen LogP contribution < -0.4 is 0 Å². The third kappa shape index (κ3) is 3.62. The van der Waals surface area contributed by atoms with Gasteiger partial charge in [-0.05, 0) is 18.3 Å². The molecular formula is C11H20N2. The summed E-state index contributed by atoms with van der Waals surface area (Å²) in [6.45, 7) is 8.03. The smallest absolute Gasteiger partial charge is 0.0945 e. The van der Waals surface area contributed by atoms with Gasteiger partial charge in [0, 0.05) is 18.9 Å². The Kier molecular flexibility index (Phi) is 3.52. The molecule has 0 aromatic carbocycles. The number of hydrogen-bond acceptors (Lipinski definition) is 1. The number of hydrogen-bond donors (Lipinski definition) is 0. The van der Waals surface area contributed by atoms with Gasteiger partial charge in [-0.25, -0.2) is 4.98 Å². The van der Waals surface area contributed by atoms with Crippen LogP contribution >= 0.6 is 0 Å². The van der Waals surface area contributed by atoms with Crippen LogP contribution in [0, 0.1) is 5.41 Å². The van der Waals surface area contributed by atoms with Crippen LogP contribution in [0.25, 0.3) is 0 Å². The van der Waals surface area contributed by atoms with Crippen LogP contribution in [-0.2, 0) is 6.54 Å². The predicted octanol–water partition coefficient (Wildman–Crippen LogP) is 3.10. The van der Waals surface area contributed by atoms with Crippen LogP contribution in [0.1, 0.15) is 40.0 Å². The van der Waals surface area contributed by atoms with Gasteiger partial charge in [0.1, 0.15) is 0 Å². The van der Waals surface area contributed by atoms with Crippen molar-refractivity contribution in [1.82, 2.24) is 9.55 Å². The van der Waals surface area contributed by atoms with Crippen molar-refractivity contribution in [3.05, 3.63) is 18.7 Å². The molecule has 2 nitrogen and oxygen atoms in total. The molecule has 0 radical (unpaired) electrons. The largest absolute Gasteiger partial charge is 0.337 e. The van der Waals surface area contributed by atoms with Gasteiger partial charge in [0.15, 0.2) is 0 Å². The molecule has 0 saturated heterocycles. The number of aromatic nitrogens is 2. The van der Waals surface area contributed by atoms with E-state index in [1.165, 1.54) is 19.3 Å². The summed E-state index contributed by atoms with van der Waals surface area (Å²) >= 11 is 0. The van der Waals surface area contributed by atoms with E-state index >= 15 is 0 Å². The van der Waals surface area contributed by atoms with Gasteiger partial charge in [-0.3, -0.25) is 0 Å². The molecule has 0 amide bonds. The van der Waals surface area contributed by atoms with Crippen molar-refractivity contribution in [3.8, 4) is 0 Å². The lowest BCUT2D eigenvalue weighted by Gasteiger charge is -2.22. The van der Waals surface area contributed by atoms with Gasteiger partial charge < -0.3 is 4.57 Å². The van der Waals surface area contributed by atoms with Crippen molar-refractivity contribution in [1.29, 1.82) is 0 Å². The highest BCUT2D eigenvalue weighted by molar-refractivity contribution is 4.74. The molecule has 1 heterocycles. The first-order valence-electron chi connectivity index (χ1n) is 5.10. The molecule has 0 aliphatic carbocycles. The van der Waals surface area contributed by atoms with Crippen LogP contribution in [0.4, 0.5) is 0 Å². The van der Waals surface area contributed by atoms with E-state index in [0.29, 0.717) is 5.41 Å². The van der Waals surface area contributed by atoms with Crippen LogP contribution in [0.15, 0.2) is 18.7 Å². The molecule has 0 bridgehead atoms. The summed E-state index contributed by atoms with van der Waals surface area (Å²) in [7, 11) is 0. The van der Waals surface area contributed by atoms with Crippen LogP contribution in [-0.4, -0.2) is 9.55 Å². The molecule has 0 unspecified atom stereocenters. The Morgan fingerprint density at radius 3 is 2.69 bits per heavy atom. The Balaban J connectivity index is 2.21. The van der Waals surface area contributed by atoms with Crippen molar-refractivity contribution >= 4 is 0 Å². The number of rotatable bonds is 5. The predicted molar refractivity (Wildman–Crippen MR) is 55.5 cm³/mol. The molecule has 0 aliphatic rings. The van der Waals surface area contributed by atoms with Gasteiger partial charge in [-0.1, -0.05) is 27.2 Å². The van der Waals surface area contributed by atoms with Crippen LogP contribution in [0.2, 0.25) is 0 Å². The van der Waals surface area contributed by atoms with E-state index in [1.807, 2.05) is 18.7 Å². The van der Waals surface area contributed by atoms with Gasteiger partial charge in [0.05, 0.1) is 6.33 Å². The third-order valence-electron chi connectivity index (χ3n) is 2.79. The molecule has 2 heteroatoms. The van der Waals surface area contributed by atoms with Crippen LogP contribution in [0.5, 0.6) is 0 Å². The molecular weight excluding hydrogens is 160 g/mol. The topological polar surface area (TPSA) is 17.8 Å². The molecule has 13 heavy (non-hydrogen) atoms. The Bertz CT molecular complexity index is 224. The molecule has 0 N–H and O–H groups in total. The van der Waals surface area contributed by atoms with E-state index < -0.39 is 0 Å². The maximum atomic E-state index is 4.02. The van der Waals surface area contributed by atoms with Gasteiger partial charge >= 0.3 is 0 Å². The average molecular weight is 180 g/mol. The van der Waals surface area contributed by atoms with Gasteiger partial charge in [0.2, 0.25) is 0 Å². The Labute approximate surface area is 81.0 Å². The van der Waals surface area contributed by atoms with E-state index in [0.717, 1.165) is 6.54 Å². The normalized spacial score (nSPS) is 11.9. The monoisotopic (exact) mass is 180 g/mol. The summed E-state index contributed by atoms with van der Waals surface area (Å²) in [4.78, 5) is 4.02. The summed E-state index contributed by atoms with van der Waals surface area (Å²) in [5.74, 6) is 0. The maximum Gasteiger partial charge on any atom is 0.0945 e. The zero-order valence-electron chi connectivity index (χ0n) is 8.95. The molecule has 74 valence electrons. The minimum Gasteiger partial charge on any atom is -0.337 e. The zero-order valence-corrected chi connectivity index (χ0v) is 8.95. The second kappa shape index (κ2) is 4.45. The lowest BCUT2D eigenvalue weighted by atomic mass is 9.85. The molecule has 0 saturated carbocycles. The van der Waals surface area contributed by atoms with Crippen molar-refractivity contribution in [2.24, 2.45) is 5.41 Å². The lowest BCUT2D eigenvalue weighted by Crippen LogP contribution is -2.10. The fourth-order valence-corrected chi connectivity index (χ4v) is 1.34. The summed E-state index contributed by atoms with van der Waals surface area (Å²) in [6.07, 6.45) is 9.55. The van der Waals surface area contributed by atoms with E-state index in [9.17, 15) is 0 Å². The van der Waals surface area contributed by atoms with Crippen molar-refractivity contribution in [3.63, 3.8) is 0 Å². The fraction of sp³-hybridized carbons (Fsp3) is 0.727. The van der Waals surface area contributed by atoms with Crippen molar-refractivity contribution in [2.75, 3.05) is 0 Å². The van der Waals surface area contributed by atoms with Gasteiger partial charge in [0.25, 0.3) is 0 Å². The van der Waals surface area contributed by atoms with E-state index in [4.69, 9.17) is 0 Å². The maximum absolute atomic E-state index is 4.02. The summed E-state index contributed by atoms with van der Waals surface area (Å²) in [5.41, 5.74) is 0.501. The summed E-state index contributed by atoms with van der Waals surface area (Å²) < 4.78 is 2.14. The highest BCUT2D eigenvalue weighted by Crippen LogP contribution is 2.26. The Morgan fingerprint density at radius 1 is 1.38 bits per heavy atom. The van der Waals surface area contributed by atoms with Gasteiger partial charge in [-0.2, -0.15) is 0 Å². The van der Waals surface area contributed by atoms with Gasteiger partial charge in [-0.15, -0.1) is 0 Å². The minimum absolute atomic E-state index is 0.501. The molecule has 0 atom stereocenters. The second-order valence-electron chi connectivity index (χ2n) is 4.42. The molecule has 1 aromatic heterocycles. The Morgan fingerprint density at radius 2 is 2.15 bits per heavy atom. The first kappa shape index (κ1) is 10.3. The second-order valence-corrected chi connectivity index (χ2v) is 4.42. The van der Waals surface area contributed by atoms with Crippen LogP contribution in [0.3, 0.4) is 0 Å². The molecule has 1 aromatic rings. The Hall–Kier alpha value is -0.790. The quantitative estimate of drug-likeness (QED) is 0.681. The summed E-state index contributed by atoms with van der Waals surface area (Å²) in [5, 5.41) is 0. The van der Waals surface area contributed by atoms with E-state index in [-0.39, 0.29) is 0 Å². The number of imidazole rings is 1.